The van der Waals surface area contributed by atoms with E-state index in [0.29, 0.717) is 13.2 Å². The molecule has 1 unspecified atom stereocenters. The van der Waals surface area contributed by atoms with E-state index in [1.807, 2.05) is 55.5 Å². The number of hydrogen-bond donors (Lipinski definition) is 1. The van der Waals surface area contributed by atoms with Gasteiger partial charge in [0.25, 0.3) is 0 Å². The van der Waals surface area contributed by atoms with Gasteiger partial charge < -0.3 is 19.7 Å². The second kappa shape index (κ2) is 10.3. The molecule has 2 rings (SSSR count). The first-order valence-electron chi connectivity index (χ1n) is 9.24. The summed E-state index contributed by atoms with van der Waals surface area (Å²) in [4.78, 5) is 25.8. The summed E-state index contributed by atoms with van der Waals surface area (Å²) in [6.45, 7) is 4.29. The van der Waals surface area contributed by atoms with Crippen molar-refractivity contribution in [2.45, 2.75) is 26.3 Å². The third-order valence-corrected chi connectivity index (χ3v) is 4.48. The number of aryl methyl sites for hydroxylation is 1. The fourth-order valence-electron chi connectivity index (χ4n) is 2.80. The van der Waals surface area contributed by atoms with Gasteiger partial charge in [0.05, 0.1) is 26.1 Å². The second-order valence-electron chi connectivity index (χ2n) is 6.66. The number of rotatable bonds is 9. The van der Waals surface area contributed by atoms with Crippen LogP contribution in [0.1, 0.15) is 30.5 Å². The van der Waals surface area contributed by atoms with Gasteiger partial charge in [-0.15, -0.1) is 0 Å². The summed E-state index contributed by atoms with van der Waals surface area (Å²) in [5.74, 6) is 1.29. The number of nitrogens with one attached hydrogen (secondary N) is 1. The molecule has 0 aliphatic carbocycles. The van der Waals surface area contributed by atoms with Gasteiger partial charge in [-0.2, -0.15) is 0 Å². The Morgan fingerprint density at radius 1 is 1.11 bits per heavy atom. The lowest BCUT2D eigenvalue weighted by atomic mass is 10.0. The van der Waals surface area contributed by atoms with Crippen molar-refractivity contribution in [3.05, 3.63) is 59.7 Å². The van der Waals surface area contributed by atoms with Crippen molar-refractivity contribution in [2.75, 3.05) is 27.3 Å². The maximum atomic E-state index is 12.6. The van der Waals surface area contributed by atoms with Crippen LogP contribution in [-0.2, 0) is 9.59 Å². The van der Waals surface area contributed by atoms with Gasteiger partial charge in [-0.05, 0) is 36.2 Å². The molecule has 6 nitrogen and oxygen atoms in total. The molecular formula is C22H28N2O4. The zero-order chi connectivity index (χ0) is 20.5. The molecule has 150 valence electrons. The maximum Gasteiger partial charge on any atom is 0.224 e. The lowest BCUT2D eigenvalue weighted by Crippen LogP contribution is -2.35. The summed E-state index contributed by atoms with van der Waals surface area (Å²) >= 11 is 0. The number of amides is 2. The van der Waals surface area contributed by atoms with Crippen LogP contribution in [0, 0.1) is 6.92 Å². The zero-order valence-corrected chi connectivity index (χ0v) is 16.9. The molecule has 2 aromatic rings. The van der Waals surface area contributed by atoms with Crippen molar-refractivity contribution >= 4 is 11.8 Å². The first-order valence-corrected chi connectivity index (χ1v) is 9.24. The third kappa shape index (κ3) is 6.30. The minimum Gasteiger partial charge on any atom is -0.497 e. The summed E-state index contributed by atoms with van der Waals surface area (Å²) < 4.78 is 10.9. The summed E-state index contributed by atoms with van der Waals surface area (Å²) in [7, 11) is 3.33. The minimum atomic E-state index is -0.393. The van der Waals surface area contributed by atoms with Gasteiger partial charge in [0.1, 0.15) is 18.1 Å². The Hall–Kier alpha value is -3.02. The van der Waals surface area contributed by atoms with E-state index in [1.165, 1.54) is 6.92 Å². The Bertz CT molecular complexity index is 789. The lowest BCUT2D eigenvalue weighted by molar-refractivity contribution is -0.131. The number of hydrogen-bond acceptors (Lipinski definition) is 4. The van der Waals surface area contributed by atoms with E-state index in [4.69, 9.17) is 9.47 Å². The van der Waals surface area contributed by atoms with Crippen molar-refractivity contribution in [1.29, 1.82) is 0 Å². The molecule has 1 atom stereocenters. The molecule has 2 aromatic carbocycles. The normalized spacial score (nSPS) is 11.4. The average Bonchev–Trinajstić information content (AvgIpc) is 2.68. The van der Waals surface area contributed by atoms with Crippen LogP contribution in [-0.4, -0.2) is 44.0 Å². The number of carbonyl (C=O) groups is 2. The summed E-state index contributed by atoms with van der Waals surface area (Å²) in [5, 5.41) is 2.85. The highest BCUT2D eigenvalue weighted by Crippen LogP contribution is 2.21. The van der Waals surface area contributed by atoms with Gasteiger partial charge in [-0.1, -0.05) is 30.3 Å². The van der Waals surface area contributed by atoms with Crippen molar-refractivity contribution < 1.29 is 19.1 Å². The van der Waals surface area contributed by atoms with Gasteiger partial charge in [0.15, 0.2) is 0 Å². The van der Waals surface area contributed by atoms with Crippen LogP contribution in [0.2, 0.25) is 0 Å². The number of methoxy groups -OCH3 is 1. The number of ether oxygens (including phenoxy) is 2. The highest BCUT2D eigenvalue weighted by atomic mass is 16.5. The summed E-state index contributed by atoms with van der Waals surface area (Å²) in [6.07, 6.45) is 0.173. The van der Waals surface area contributed by atoms with E-state index >= 15 is 0 Å². The molecule has 0 spiro atoms. The van der Waals surface area contributed by atoms with E-state index in [0.717, 1.165) is 22.6 Å². The Morgan fingerprint density at radius 2 is 1.79 bits per heavy atom. The molecule has 0 fully saturated rings. The van der Waals surface area contributed by atoms with Crippen molar-refractivity contribution in [3.63, 3.8) is 0 Å². The summed E-state index contributed by atoms with van der Waals surface area (Å²) in [5.41, 5.74) is 1.91. The Balaban J connectivity index is 1.93. The number of carbonyl (C=O) groups excluding carboxylic acids is 2. The fraction of sp³-hybridized carbons (Fsp3) is 0.364. The van der Waals surface area contributed by atoms with Crippen LogP contribution in [0.15, 0.2) is 48.5 Å². The lowest BCUT2D eigenvalue weighted by Gasteiger charge is -2.23. The van der Waals surface area contributed by atoms with Crippen molar-refractivity contribution in [1.82, 2.24) is 10.2 Å². The molecule has 0 aromatic heterocycles. The Labute approximate surface area is 166 Å². The molecule has 0 saturated carbocycles. The van der Waals surface area contributed by atoms with Crippen LogP contribution in [0.25, 0.3) is 0 Å². The monoisotopic (exact) mass is 384 g/mol. The maximum absolute atomic E-state index is 12.6. The first-order chi connectivity index (χ1) is 13.4. The van der Waals surface area contributed by atoms with Gasteiger partial charge in [-0.25, -0.2) is 0 Å². The zero-order valence-electron chi connectivity index (χ0n) is 16.9. The molecule has 6 heteroatoms. The topological polar surface area (TPSA) is 67.9 Å². The number of benzene rings is 2. The number of nitrogens with zero attached hydrogens (tertiary/aromatic N) is 1. The Kier molecular flexibility index (Phi) is 7.87. The fourth-order valence-corrected chi connectivity index (χ4v) is 2.80. The largest absolute Gasteiger partial charge is 0.497 e. The SMILES string of the molecule is COc1ccc(C(CC(=O)N(C)CCOc2ccccc2C)NC(C)=O)cc1. The van der Waals surface area contributed by atoms with Crippen LogP contribution in [0.4, 0.5) is 0 Å². The Morgan fingerprint density at radius 3 is 2.39 bits per heavy atom. The predicted octanol–water partition coefficient (Wildman–Crippen LogP) is 3.11. The molecule has 28 heavy (non-hydrogen) atoms. The standard InChI is InChI=1S/C22H28N2O4/c1-16-7-5-6-8-21(16)28-14-13-24(3)22(26)15-20(23-17(2)25)18-9-11-19(27-4)12-10-18/h5-12,20H,13-15H2,1-4H3,(H,23,25). The van der Waals surface area contributed by atoms with E-state index in [1.54, 1.807) is 19.1 Å². The van der Waals surface area contributed by atoms with Crippen LogP contribution in [0.3, 0.4) is 0 Å². The molecule has 0 saturated heterocycles. The highest BCUT2D eigenvalue weighted by molar-refractivity contribution is 5.79. The quantitative estimate of drug-likeness (QED) is 0.721. The predicted molar refractivity (Wildman–Crippen MR) is 108 cm³/mol. The number of para-hydroxylation sites is 1. The minimum absolute atomic E-state index is 0.0667. The molecule has 1 N–H and O–H groups in total. The van der Waals surface area contributed by atoms with Gasteiger partial charge in [0.2, 0.25) is 11.8 Å². The third-order valence-electron chi connectivity index (χ3n) is 4.48. The first kappa shape index (κ1) is 21.3. The second-order valence-corrected chi connectivity index (χ2v) is 6.66. The molecule has 0 aliphatic heterocycles. The summed E-state index contributed by atoms with van der Waals surface area (Å²) in [6, 6.07) is 14.7. The number of likely N-dealkylation sites (N-methyl/N-ethyl adjacent to an activating group) is 1. The van der Waals surface area contributed by atoms with E-state index in [9.17, 15) is 9.59 Å². The van der Waals surface area contributed by atoms with Crippen LogP contribution < -0.4 is 14.8 Å². The van der Waals surface area contributed by atoms with Crippen LogP contribution >= 0.6 is 0 Å². The van der Waals surface area contributed by atoms with E-state index in [2.05, 4.69) is 5.32 Å². The molecular weight excluding hydrogens is 356 g/mol. The average molecular weight is 384 g/mol. The molecule has 2 amide bonds. The van der Waals surface area contributed by atoms with Crippen molar-refractivity contribution in [2.24, 2.45) is 0 Å². The van der Waals surface area contributed by atoms with E-state index in [-0.39, 0.29) is 18.2 Å². The van der Waals surface area contributed by atoms with Gasteiger partial charge in [-0.3, -0.25) is 9.59 Å². The molecule has 0 heterocycles. The van der Waals surface area contributed by atoms with Gasteiger partial charge >= 0.3 is 0 Å². The molecule has 0 aliphatic rings. The molecule has 0 bridgehead atoms. The van der Waals surface area contributed by atoms with Crippen LogP contribution in [0.5, 0.6) is 11.5 Å². The van der Waals surface area contributed by atoms with Gasteiger partial charge in [0, 0.05) is 14.0 Å². The van der Waals surface area contributed by atoms with Crippen molar-refractivity contribution in [3.8, 4) is 11.5 Å². The highest BCUT2D eigenvalue weighted by Gasteiger charge is 2.19. The smallest absolute Gasteiger partial charge is 0.224 e. The van der Waals surface area contributed by atoms with E-state index < -0.39 is 6.04 Å². The molecule has 0 radical (unpaired) electrons.